The second-order valence-corrected chi connectivity index (χ2v) is 5.21. The highest BCUT2D eigenvalue weighted by molar-refractivity contribution is 6.08. The van der Waals surface area contributed by atoms with Crippen LogP contribution in [0.5, 0.6) is 0 Å². The lowest BCUT2D eigenvalue weighted by Gasteiger charge is -2.44. The Morgan fingerprint density at radius 1 is 1.12 bits per heavy atom. The smallest absolute Gasteiger partial charge is 0.344 e. The summed E-state index contributed by atoms with van der Waals surface area (Å²) in [4.78, 5) is 49.8. The Balaban J connectivity index is 3.42. The lowest BCUT2D eigenvalue weighted by atomic mass is 9.81. The van der Waals surface area contributed by atoms with Crippen LogP contribution in [0.15, 0.2) is 12.2 Å². The Morgan fingerprint density at radius 3 is 2.04 bits per heavy atom. The summed E-state index contributed by atoms with van der Waals surface area (Å²) in [6, 6.07) is -1.14. The summed E-state index contributed by atoms with van der Waals surface area (Å²) in [5.41, 5.74) is -1.62. The van der Waals surface area contributed by atoms with Crippen molar-refractivity contribution in [2.45, 2.75) is 45.2 Å². The fraction of sp³-hybridized carbons (Fsp3) is 0.625. The zero-order valence-electron chi connectivity index (χ0n) is 14.2. The van der Waals surface area contributed by atoms with Gasteiger partial charge < -0.3 is 19.1 Å². The highest BCUT2D eigenvalue weighted by Gasteiger charge is 2.59. The number of hydrogen-bond donors (Lipinski definition) is 0. The molecule has 1 rings (SSSR count). The van der Waals surface area contributed by atoms with Crippen LogP contribution in [0.3, 0.4) is 0 Å². The minimum atomic E-state index is -2.07. The number of rotatable bonds is 7. The van der Waals surface area contributed by atoms with E-state index in [4.69, 9.17) is 14.2 Å². The van der Waals surface area contributed by atoms with Gasteiger partial charge in [0.05, 0.1) is 19.8 Å². The lowest BCUT2D eigenvalue weighted by molar-refractivity contribution is -0.183. The van der Waals surface area contributed by atoms with Crippen molar-refractivity contribution in [3.63, 3.8) is 0 Å². The molecule has 1 atom stereocenters. The normalized spacial score (nSPS) is 19.4. The molecule has 0 saturated carbocycles. The van der Waals surface area contributed by atoms with Gasteiger partial charge in [-0.3, -0.25) is 4.79 Å². The third-order valence-electron chi connectivity index (χ3n) is 3.66. The molecule has 1 amide bonds. The fourth-order valence-corrected chi connectivity index (χ4v) is 2.70. The second-order valence-electron chi connectivity index (χ2n) is 5.21. The van der Waals surface area contributed by atoms with Crippen LogP contribution in [0, 0.1) is 0 Å². The van der Waals surface area contributed by atoms with E-state index in [1.807, 2.05) is 0 Å². The summed E-state index contributed by atoms with van der Waals surface area (Å²) in [7, 11) is 0. The Hall–Kier alpha value is -2.38. The quantitative estimate of drug-likeness (QED) is 0.220. The van der Waals surface area contributed by atoms with Gasteiger partial charge in [0, 0.05) is 6.42 Å². The van der Waals surface area contributed by atoms with Crippen molar-refractivity contribution in [1.29, 1.82) is 0 Å². The molecule has 8 heteroatoms. The monoisotopic (exact) mass is 341 g/mol. The molecular weight excluding hydrogens is 318 g/mol. The van der Waals surface area contributed by atoms with Crippen LogP contribution in [0.25, 0.3) is 0 Å². The molecule has 0 bridgehead atoms. The average Bonchev–Trinajstić information content (AvgIpc) is 2.54. The van der Waals surface area contributed by atoms with E-state index in [1.165, 1.54) is 0 Å². The molecule has 8 nitrogen and oxygen atoms in total. The zero-order valence-corrected chi connectivity index (χ0v) is 14.2. The summed E-state index contributed by atoms with van der Waals surface area (Å²) in [5, 5.41) is 0. The maximum absolute atomic E-state index is 12.6. The van der Waals surface area contributed by atoms with Crippen LogP contribution in [0.2, 0.25) is 0 Å². The molecular formula is C16H23NO7. The van der Waals surface area contributed by atoms with Gasteiger partial charge in [-0.15, -0.1) is 0 Å². The molecule has 1 heterocycles. The molecule has 0 aromatic heterocycles. The lowest BCUT2D eigenvalue weighted by Crippen LogP contribution is -2.67. The van der Waals surface area contributed by atoms with E-state index in [0.717, 1.165) is 4.90 Å². The van der Waals surface area contributed by atoms with Gasteiger partial charge in [-0.2, -0.15) is 0 Å². The third-order valence-corrected chi connectivity index (χ3v) is 3.66. The van der Waals surface area contributed by atoms with E-state index >= 15 is 0 Å². The van der Waals surface area contributed by atoms with E-state index in [-0.39, 0.29) is 39.1 Å². The molecule has 134 valence electrons. The van der Waals surface area contributed by atoms with Crippen LogP contribution in [0.1, 0.15) is 33.6 Å². The summed E-state index contributed by atoms with van der Waals surface area (Å²) in [5.74, 6) is -2.63. The van der Waals surface area contributed by atoms with Crippen LogP contribution in [0.4, 0.5) is 0 Å². The van der Waals surface area contributed by atoms with Gasteiger partial charge >= 0.3 is 17.9 Å². The van der Waals surface area contributed by atoms with Crippen molar-refractivity contribution in [2.75, 3.05) is 19.8 Å². The Kier molecular flexibility index (Phi) is 6.94. The molecule has 0 radical (unpaired) electrons. The Bertz CT molecular complexity index is 511. The van der Waals surface area contributed by atoms with Crippen molar-refractivity contribution < 1.29 is 33.4 Å². The standard InChI is InChI=1S/C16H23NO7/c1-5-22-13(19)12-8-11(4)9-16(17(12)10-18,14(20)23-6-2)15(21)24-7-3/h10,12H,4-9H2,1-3H3. The average molecular weight is 341 g/mol. The number of ether oxygens (including phenoxy) is 3. The molecule has 0 aliphatic carbocycles. The van der Waals surface area contributed by atoms with Crippen molar-refractivity contribution in [1.82, 2.24) is 4.90 Å². The highest BCUT2D eigenvalue weighted by atomic mass is 16.6. The molecule has 1 unspecified atom stereocenters. The Labute approximate surface area is 140 Å². The molecule has 1 aliphatic rings. The first-order valence-corrected chi connectivity index (χ1v) is 7.80. The SMILES string of the molecule is C=C1CC(C(=O)OCC)N(C=O)C(C(=O)OCC)(C(=O)OCC)C1. The number of esters is 3. The first kappa shape index (κ1) is 19.7. The van der Waals surface area contributed by atoms with Crippen LogP contribution >= 0.6 is 0 Å². The van der Waals surface area contributed by atoms with E-state index < -0.39 is 29.5 Å². The number of hydrogen-bond acceptors (Lipinski definition) is 7. The molecule has 1 saturated heterocycles. The highest BCUT2D eigenvalue weighted by Crippen LogP contribution is 2.36. The minimum Gasteiger partial charge on any atom is -0.464 e. The van der Waals surface area contributed by atoms with Crippen molar-refractivity contribution in [3.05, 3.63) is 12.2 Å². The van der Waals surface area contributed by atoms with Crippen LogP contribution in [-0.4, -0.2) is 60.6 Å². The molecule has 0 aromatic rings. The number of piperidine rings is 1. The van der Waals surface area contributed by atoms with E-state index in [1.54, 1.807) is 20.8 Å². The van der Waals surface area contributed by atoms with Gasteiger partial charge in [0.1, 0.15) is 6.04 Å². The number of carbonyl (C=O) groups excluding carboxylic acids is 4. The number of amides is 1. The minimum absolute atomic E-state index is 0.00321. The number of carbonyl (C=O) groups is 4. The third kappa shape index (κ3) is 3.58. The Morgan fingerprint density at radius 2 is 1.62 bits per heavy atom. The van der Waals surface area contributed by atoms with Gasteiger partial charge in [-0.05, 0) is 27.2 Å². The maximum atomic E-state index is 12.6. The van der Waals surface area contributed by atoms with Gasteiger partial charge in [0.2, 0.25) is 11.9 Å². The first-order chi connectivity index (χ1) is 11.4. The van der Waals surface area contributed by atoms with Crippen LogP contribution in [-0.2, 0) is 33.4 Å². The topological polar surface area (TPSA) is 99.2 Å². The van der Waals surface area contributed by atoms with Crippen LogP contribution < -0.4 is 0 Å². The molecule has 0 N–H and O–H groups in total. The van der Waals surface area contributed by atoms with E-state index in [2.05, 4.69) is 6.58 Å². The van der Waals surface area contributed by atoms with Gasteiger partial charge in [0.25, 0.3) is 0 Å². The zero-order chi connectivity index (χ0) is 18.3. The van der Waals surface area contributed by atoms with Crippen molar-refractivity contribution in [2.24, 2.45) is 0 Å². The summed E-state index contributed by atoms with van der Waals surface area (Å²) >= 11 is 0. The number of nitrogens with zero attached hydrogens (tertiary/aromatic N) is 1. The predicted octanol–water partition coefficient (Wildman–Crippen LogP) is 0.591. The number of likely N-dealkylation sites (tertiary alicyclic amines) is 1. The molecule has 24 heavy (non-hydrogen) atoms. The maximum Gasteiger partial charge on any atom is 0.344 e. The first-order valence-electron chi connectivity index (χ1n) is 7.80. The van der Waals surface area contributed by atoms with Gasteiger partial charge in [-0.1, -0.05) is 12.2 Å². The van der Waals surface area contributed by atoms with Gasteiger partial charge in [0.15, 0.2) is 0 Å². The van der Waals surface area contributed by atoms with Crippen molar-refractivity contribution in [3.8, 4) is 0 Å². The predicted molar refractivity (Wildman–Crippen MR) is 82.7 cm³/mol. The van der Waals surface area contributed by atoms with E-state index in [9.17, 15) is 19.2 Å². The molecule has 1 fully saturated rings. The van der Waals surface area contributed by atoms with E-state index in [0.29, 0.717) is 5.57 Å². The largest absolute Gasteiger partial charge is 0.464 e. The summed E-state index contributed by atoms with van der Waals surface area (Å²) < 4.78 is 14.9. The fourth-order valence-electron chi connectivity index (χ4n) is 2.70. The van der Waals surface area contributed by atoms with Crippen molar-refractivity contribution >= 4 is 24.3 Å². The summed E-state index contributed by atoms with van der Waals surface area (Å²) in [6.45, 7) is 8.65. The van der Waals surface area contributed by atoms with Gasteiger partial charge in [-0.25, -0.2) is 14.4 Å². The molecule has 0 spiro atoms. The molecule has 0 aromatic carbocycles. The summed E-state index contributed by atoms with van der Waals surface area (Å²) in [6.07, 6.45) is 0.208. The second kappa shape index (κ2) is 8.47. The molecule has 1 aliphatic heterocycles.